The molecule has 1 aromatic rings. The van der Waals surface area contributed by atoms with Crippen molar-refractivity contribution in [3.05, 3.63) is 47.0 Å². The highest BCUT2D eigenvalue weighted by Crippen LogP contribution is 2.35. The van der Waals surface area contributed by atoms with Gasteiger partial charge in [-0.1, -0.05) is 35.9 Å². The van der Waals surface area contributed by atoms with Crippen LogP contribution >= 0.6 is 11.6 Å². The molecule has 2 unspecified atom stereocenters. The Bertz CT molecular complexity index is 586. The number of halogens is 1. The Morgan fingerprint density at radius 2 is 1.64 bits per heavy atom. The van der Waals surface area contributed by atoms with Crippen molar-refractivity contribution in [3.63, 3.8) is 0 Å². The van der Waals surface area contributed by atoms with Crippen molar-refractivity contribution in [2.45, 2.75) is 19.4 Å². The number of fused-ring (bicyclic) bond motifs is 1. The summed E-state index contributed by atoms with van der Waals surface area (Å²) in [5, 5.41) is 0.702. The minimum atomic E-state index is -0.151. The molecule has 3 rings (SSSR count). The van der Waals surface area contributed by atoms with Crippen LogP contribution < -0.4 is 0 Å². The molecule has 5 heteroatoms. The van der Waals surface area contributed by atoms with Crippen LogP contribution in [0, 0.1) is 11.8 Å². The maximum absolute atomic E-state index is 12.4. The van der Waals surface area contributed by atoms with Crippen molar-refractivity contribution in [2.75, 3.05) is 13.7 Å². The first-order chi connectivity index (χ1) is 10.6. The van der Waals surface area contributed by atoms with Gasteiger partial charge in [-0.2, -0.15) is 0 Å². The second-order valence-corrected chi connectivity index (χ2v) is 6.48. The molecule has 2 atom stereocenters. The van der Waals surface area contributed by atoms with Crippen LogP contribution in [0.1, 0.15) is 18.4 Å². The summed E-state index contributed by atoms with van der Waals surface area (Å²) in [7, 11) is 1.91. The normalized spacial score (nSPS) is 24.2. The van der Waals surface area contributed by atoms with Gasteiger partial charge in [0.15, 0.2) is 0 Å². The lowest BCUT2D eigenvalue weighted by molar-refractivity contribution is -0.142. The van der Waals surface area contributed by atoms with Crippen molar-refractivity contribution in [2.24, 2.45) is 11.8 Å². The Kier molecular flexibility index (Phi) is 4.32. The Morgan fingerprint density at radius 1 is 1.09 bits per heavy atom. The fraction of sp³-hybridized carbons (Fsp3) is 0.412. The summed E-state index contributed by atoms with van der Waals surface area (Å²) in [6.07, 6.45) is 5.39. The number of amides is 2. The first-order valence-corrected chi connectivity index (χ1v) is 7.87. The van der Waals surface area contributed by atoms with Crippen molar-refractivity contribution in [1.82, 2.24) is 9.80 Å². The van der Waals surface area contributed by atoms with E-state index in [1.807, 2.05) is 48.4 Å². The molecule has 22 heavy (non-hydrogen) atoms. The van der Waals surface area contributed by atoms with Crippen LogP contribution in [0.3, 0.4) is 0 Å². The summed E-state index contributed by atoms with van der Waals surface area (Å²) in [5.41, 5.74) is 1.10. The van der Waals surface area contributed by atoms with Crippen LogP contribution in [0.25, 0.3) is 0 Å². The SMILES string of the molecule is CN(Cc1ccc(Cl)cc1)CN1C(=O)C2CC=CCC2C1=O. The molecular weight excluding hydrogens is 300 g/mol. The summed E-state index contributed by atoms with van der Waals surface area (Å²) in [6, 6.07) is 7.60. The van der Waals surface area contributed by atoms with Gasteiger partial charge in [0.25, 0.3) is 0 Å². The van der Waals surface area contributed by atoms with E-state index in [1.54, 1.807) is 0 Å². The van der Waals surface area contributed by atoms with E-state index in [1.165, 1.54) is 4.90 Å². The van der Waals surface area contributed by atoms with E-state index in [9.17, 15) is 9.59 Å². The molecule has 0 saturated carbocycles. The van der Waals surface area contributed by atoms with Gasteiger partial charge >= 0.3 is 0 Å². The molecule has 1 fully saturated rings. The van der Waals surface area contributed by atoms with Gasteiger partial charge < -0.3 is 0 Å². The number of allylic oxidation sites excluding steroid dienone is 2. The highest BCUT2D eigenvalue weighted by molar-refractivity contribution is 6.30. The van der Waals surface area contributed by atoms with Crippen molar-refractivity contribution >= 4 is 23.4 Å². The van der Waals surface area contributed by atoms with E-state index in [2.05, 4.69) is 0 Å². The molecule has 1 aromatic carbocycles. The summed E-state index contributed by atoms with van der Waals surface area (Å²) in [5.74, 6) is -0.354. The predicted octanol–water partition coefficient (Wildman–Crippen LogP) is 2.68. The third-order valence-electron chi connectivity index (χ3n) is 4.35. The Hall–Kier alpha value is -1.65. The highest BCUT2D eigenvalue weighted by atomic mass is 35.5. The van der Waals surface area contributed by atoms with E-state index in [-0.39, 0.29) is 23.7 Å². The second kappa shape index (κ2) is 6.23. The van der Waals surface area contributed by atoms with Gasteiger partial charge in [0.05, 0.1) is 18.5 Å². The quantitative estimate of drug-likeness (QED) is 0.633. The number of benzene rings is 1. The summed E-state index contributed by atoms with van der Waals surface area (Å²) >= 11 is 5.88. The fourth-order valence-electron chi connectivity index (χ4n) is 3.20. The maximum Gasteiger partial charge on any atom is 0.234 e. The molecule has 1 saturated heterocycles. The largest absolute Gasteiger partial charge is 0.284 e. The van der Waals surface area contributed by atoms with E-state index in [0.29, 0.717) is 31.1 Å². The molecule has 1 heterocycles. The third kappa shape index (κ3) is 2.94. The number of nitrogens with zero attached hydrogens (tertiary/aromatic N) is 2. The summed E-state index contributed by atoms with van der Waals surface area (Å²) < 4.78 is 0. The molecule has 0 spiro atoms. The molecule has 2 aliphatic rings. The average molecular weight is 319 g/mol. The number of imide groups is 1. The number of carbonyl (C=O) groups excluding carboxylic acids is 2. The van der Waals surface area contributed by atoms with Gasteiger partial charge in [-0.05, 0) is 37.6 Å². The molecule has 0 aromatic heterocycles. The van der Waals surface area contributed by atoms with Crippen LogP contribution in [0.15, 0.2) is 36.4 Å². The highest BCUT2D eigenvalue weighted by Gasteiger charge is 2.47. The molecule has 0 N–H and O–H groups in total. The number of rotatable bonds is 4. The van der Waals surface area contributed by atoms with Crippen molar-refractivity contribution in [1.29, 1.82) is 0 Å². The van der Waals surface area contributed by atoms with Crippen LogP contribution in [0.4, 0.5) is 0 Å². The minimum Gasteiger partial charge on any atom is -0.284 e. The van der Waals surface area contributed by atoms with Gasteiger partial charge in [0.2, 0.25) is 11.8 Å². The maximum atomic E-state index is 12.4. The van der Waals surface area contributed by atoms with Crippen LogP contribution in [0.5, 0.6) is 0 Å². The number of hydrogen-bond acceptors (Lipinski definition) is 3. The molecule has 4 nitrogen and oxygen atoms in total. The smallest absolute Gasteiger partial charge is 0.234 e. The Morgan fingerprint density at radius 3 is 2.18 bits per heavy atom. The van der Waals surface area contributed by atoms with Crippen LogP contribution in [-0.2, 0) is 16.1 Å². The first-order valence-electron chi connectivity index (χ1n) is 7.49. The zero-order chi connectivity index (χ0) is 15.7. The lowest BCUT2D eigenvalue weighted by Crippen LogP contribution is -2.40. The molecule has 0 bridgehead atoms. The van der Waals surface area contributed by atoms with E-state index in [4.69, 9.17) is 11.6 Å². The molecule has 2 amide bonds. The number of hydrogen-bond donors (Lipinski definition) is 0. The monoisotopic (exact) mass is 318 g/mol. The topological polar surface area (TPSA) is 40.6 Å². The van der Waals surface area contributed by atoms with Gasteiger partial charge in [0.1, 0.15) is 0 Å². The van der Waals surface area contributed by atoms with Crippen molar-refractivity contribution < 1.29 is 9.59 Å². The second-order valence-electron chi connectivity index (χ2n) is 6.04. The zero-order valence-corrected chi connectivity index (χ0v) is 13.3. The van der Waals surface area contributed by atoms with Gasteiger partial charge in [-0.3, -0.25) is 19.4 Å². The lowest BCUT2D eigenvalue weighted by atomic mass is 9.85. The molecule has 1 aliphatic heterocycles. The number of carbonyl (C=O) groups is 2. The van der Waals surface area contributed by atoms with Gasteiger partial charge in [0, 0.05) is 11.6 Å². The third-order valence-corrected chi connectivity index (χ3v) is 4.60. The summed E-state index contributed by atoms with van der Waals surface area (Å²) in [6.45, 7) is 1.01. The number of likely N-dealkylation sites (tertiary alicyclic amines) is 1. The molecule has 116 valence electrons. The summed E-state index contributed by atoms with van der Waals surface area (Å²) in [4.78, 5) is 28.2. The van der Waals surface area contributed by atoms with Crippen molar-refractivity contribution in [3.8, 4) is 0 Å². The lowest BCUT2D eigenvalue weighted by Gasteiger charge is -2.23. The van der Waals surface area contributed by atoms with Gasteiger partial charge in [-0.25, -0.2) is 0 Å². The van der Waals surface area contributed by atoms with E-state index < -0.39 is 0 Å². The molecule has 1 aliphatic carbocycles. The fourth-order valence-corrected chi connectivity index (χ4v) is 3.33. The van der Waals surface area contributed by atoms with E-state index in [0.717, 1.165) is 5.56 Å². The van der Waals surface area contributed by atoms with Gasteiger partial charge in [-0.15, -0.1) is 0 Å². The minimum absolute atomic E-state index is 0.0256. The molecule has 0 radical (unpaired) electrons. The average Bonchev–Trinajstić information content (AvgIpc) is 2.75. The standard InChI is InChI=1S/C17H19ClN2O2/c1-19(10-12-6-8-13(18)9-7-12)11-20-16(21)14-4-2-3-5-15(14)17(20)22/h2-3,6-9,14-15H,4-5,10-11H2,1H3. The Labute approximate surface area is 135 Å². The Balaban J connectivity index is 1.64. The van der Waals surface area contributed by atoms with Crippen LogP contribution in [0.2, 0.25) is 5.02 Å². The van der Waals surface area contributed by atoms with Crippen LogP contribution in [-0.4, -0.2) is 35.3 Å². The molecular formula is C17H19ClN2O2. The first kappa shape index (κ1) is 15.3. The zero-order valence-electron chi connectivity index (χ0n) is 12.5. The predicted molar refractivity (Wildman–Crippen MR) is 85.0 cm³/mol. The van der Waals surface area contributed by atoms with E-state index >= 15 is 0 Å².